The van der Waals surface area contributed by atoms with Crippen LogP contribution in [0.2, 0.25) is 0 Å². The Bertz CT molecular complexity index is 1020. The zero-order valence-corrected chi connectivity index (χ0v) is 13.8. The Hall–Kier alpha value is -3.14. The van der Waals surface area contributed by atoms with Crippen molar-refractivity contribution >= 4 is 11.0 Å². The zero-order valence-electron chi connectivity index (χ0n) is 13.8. The molecule has 2 aromatic carbocycles. The molecule has 2 aromatic heterocycles. The molecule has 25 heavy (non-hydrogen) atoms. The number of halogens is 1. The minimum absolute atomic E-state index is 0.253. The number of hydrogen-bond acceptors (Lipinski definition) is 2. The lowest BCUT2D eigenvalue weighted by Crippen LogP contribution is -2.09. The number of fused-ring (bicyclic) bond motifs is 1. The number of benzene rings is 2. The Morgan fingerprint density at radius 3 is 2.72 bits per heavy atom. The average Bonchev–Trinajstić information content (AvgIpc) is 3.05. The standard InChI is InChI=1S/C21H17FN2O/c1-15-7-8-18(22)12-19(15)17-11-21-20(23-13-17)9-10-24(21)25-14-16-5-3-2-4-6-16/h2-13H,14H2,1H3. The van der Waals surface area contributed by atoms with Crippen molar-refractivity contribution in [3.05, 3.63) is 90.0 Å². The predicted octanol–water partition coefficient (Wildman–Crippen LogP) is 4.78. The number of nitrogens with zero attached hydrogens (tertiary/aromatic N) is 2. The second kappa shape index (κ2) is 6.40. The summed E-state index contributed by atoms with van der Waals surface area (Å²) in [6, 6.07) is 18.7. The Kier molecular flexibility index (Phi) is 3.94. The van der Waals surface area contributed by atoms with Crippen molar-refractivity contribution in [1.82, 2.24) is 9.71 Å². The lowest BCUT2D eigenvalue weighted by Gasteiger charge is -2.10. The van der Waals surface area contributed by atoms with Gasteiger partial charge in [0.15, 0.2) is 0 Å². The fourth-order valence-electron chi connectivity index (χ4n) is 2.87. The van der Waals surface area contributed by atoms with Gasteiger partial charge in [0.2, 0.25) is 0 Å². The van der Waals surface area contributed by atoms with Crippen LogP contribution in [0.5, 0.6) is 0 Å². The second-order valence-electron chi connectivity index (χ2n) is 5.99. The lowest BCUT2D eigenvalue weighted by molar-refractivity contribution is 0.107. The third-order valence-electron chi connectivity index (χ3n) is 4.23. The first-order chi connectivity index (χ1) is 12.2. The fraction of sp³-hybridized carbons (Fsp3) is 0.0952. The molecular weight excluding hydrogens is 315 g/mol. The van der Waals surface area contributed by atoms with Gasteiger partial charge in [0.25, 0.3) is 0 Å². The summed E-state index contributed by atoms with van der Waals surface area (Å²) < 4.78 is 15.3. The van der Waals surface area contributed by atoms with Crippen LogP contribution in [0.15, 0.2) is 73.1 Å². The topological polar surface area (TPSA) is 27.1 Å². The van der Waals surface area contributed by atoms with E-state index in [9.17, 15) is 4.39 Å². The van der Waals surface area contributed by atoms with Crippen molar-refractivity contribution < 1.29 is 9.23 Å². The molecule has 0 atom stereocenters. The number of rotatable bonds is 4. The molecule has 4 heteroatoms. The third kappa shape index (κ3) is 3.11. The van der Waals surface area contributed by atoms with Gasteiger partial charge in [-0.2, -0.15) is 4.73 Å². The van der Waals surface area contributed by atoms with Crippen LogP contribution in [0.25, 0.3) is 22.2 Å². The van der Waals surface area contributed by atoms with Crippen LogP contribution in [0.1, 0.15) is 11.1 Å². The monoisotopic (exact) mass is 332 g/mol. The summed E-state index contributed by atoms with van der Waals surface area (Å²) in [4.78, 5) is 10.4. The minimum atomic E-state index is -0.253. The lowest BCUT2D eigenvalue weighted by atomic mass is 10.0. The Balaban J connectivity index is 1.69. The van der Waals surface area contributed by atoms with Crippen molar-refractivity contribution in [3.8, 4) is 11.1 Å². The average molecular weight is 332 g/mol. The summed E-state index contributed by atoms with van der Waals surface area (Å²) in [7, 11) is 0. The van der Waals surface area contributed by atoms with Gasteiger partial charge >= 0.3 is 0 Å². The molecule has 0 spiro atoms. The van der Waals surface area contributed by atoms with E-state index in [1.54, 1.807) is 17.0 Å². The summed E-state index contributed by atoms with van der Waals surface area (Å²) in [5, 5.41) is 0. The number of hydrogen-bond donors (Lipinski definition) is 0. The van der Waals surface area contributed by atoms with Crippen molar-refractivity contribution in [3.63, 3.8) is 0 Å². The van der Waals surface area contributed by atoms with Crippen LogP contribution in [0, 0.1) is 12.7 Å². The highest BCUT2D eigenvalue weighted by molar-refractivity contribution is 5.81. The molecule has 124 valence electrons. The van der Waals surface area contributed by atoms with Gasteiger partial charge in [-0.15, -0.1) is 0 Å². The first-order valence-corrected chi connectivity index (χ1v) is 8.11. The minimum Gasteiger partial charge on any atom is -0.409 e. The molecule has 0 fully saturated rings. The molecule has 0 unspecified atom stereocenters. The van der Waals surface area contributed by atoms with Gasteiger partial charge in [-0.3, -0.25) is 4.98 Å². The summed E-state index contributed by atoms with van der Waals surface area (Å²) in [5.41, 5.74) is 5.50. The molecule has 2 heterocycles. The van der Waals surface area contributed by atoms with E-state index in [1.807, 2.05) is 55.6 Å². The summed E-state index contributed by atoms with van der Waals surface area (Å²) >= 11 is 0. The largest absolute Gasteiger partial charge is 0.409 e. The molecule has 0 aliphatic rings. The van der Waals surface area contributed by atoms with Gasteiger partial charge in [-0.25, -0.2) is 4.39 Å². The molecule has 0 aliphatic carbocycles. The van der Waals surface area contributed by atoms with E-state index in [2.05, 4.69) is 4.98 Å². The van der Waals surface area contributed by atoms with E-state index in [4.69, 9.17) is 4.84 Å². The van der Waals surface area contributed by atoms with Crippen molar-refractivity contribution in [1.29, 1.82) is 0 Å². The van der Waals surface area contributed by atoms with E-state index >= 15 is 0 Å². The quantitative estimate of drug-likeness (QED) is 0.538. The van der Waals surface area contributed by atoms with Gasteiger partial charge in [-0.05, 0) is 47.9 Å². The molecule has 3 nitrogen and oxygen atoms in total. The second-order valence-corrected chi connectivity index (χ2v) is 5.99. The SMILES string of the molecule is Cc1ccc(F)cc1-c1cnc2ccn(OCc3ccccc3)c2c1. The normalized spacial score (nSPS) is 11.0. The number of aryl methyl sites for hydroxylation is 1. The van der Waals surface area contributed by atoms with Gasteiger partial charge in [-0.1, -0.05) is 36.4 Å². The molecule has 0 amide bonds. The molecular formula is C21H17FN2O. The maximum absolute atomic E-state index is 13.6. The molecule has 0 radical (unpaired) electrons. The highest BCUT2D eigenvalue weighted by atomic mass is 19.1. The highest BCUT2D eigenvalue weighted by Crippen LogP contribution is 2.26. The van der Waals surface area contributed by atoms with Crippen molar-refractivity contribution in [2.24, 2.45) is 0 Å². The molecule has 0 aliphatic heterocycles. The van der Waals surface area contributed by atoms with E-state index in [-0.39, 0.29) is 5.82 Å². The van der Waals surface area contributed by atoms with Crippen molar-refractivity contribution in [2.75, 3.05) is 0 Å². The maximum Gasteiger partial charge on any atom is 0.140 e. The number of aromatic nitrogens is 2. The smallest absolute Gasteiger partial charge is 0.140 e. The summed E-state index contributed by atoms with van der Waals surface area (Å²) in [5.74, 6) is -0.253. The number of pyridine rings is 1. The molecule has 0 N–H and O–H groups in total. The van der Waals surface area contributed by atoms with Crippen LogP contribution in [0.3, 0.4) is 0 Å². The highest BCUT2D eigenvalue weighted by Gasteiger charge is 2.09. The molecule has 0 saturated heterocycles. The van der Waals surface area contributed by atoms with Gasteiger partial charge in [0.05, 0.1) is 5.52 Å². The van der Waals surface area contributed by atoms with E-state index in [0.717, 1.165) is 33.3 Å². The summed E-state index contributed by atoms with van der Waals surface area (Å²) in [6.45, 7) is 2.43. The Morgan fingerprint density at radius 2 is 1.88 bits per heavy atom. The van der Waals surface area contributed by atoms with Crippen LogP contribution >= 0.6 is 0 Å². The van der Waals surface area contributed by atoms with E-state index in [0.29, 0.717) is 6.61 Å². The Labute approximate surface area is 145 Å². The van der Waals surface area contributed by atoms with Crippen LogP contribution < -0.4 is 4.84 Å². The summed E-state index contributed by atoms with van der Waals surface area (Å²) in [6.07, 6.45) is 3.62. The van der Waals surface area contributed by atoms with Crippen LogP contribution in [-0.2, 0) is 6.61 Å². The zero-order chi connectivity index (χ0) is 17.2. The van der Waals surface area contributed by atoms with Crippen molar-refractivity contribution in [2.45, 2.75) is 13.5 Å². The van der Waals surface area contributed by atoms with E-state index < -0.39 is 0 Å². The van der Waals surface area contributed by atoms with E-state index in [1.165, 1.54) is 12.1 Å². The third-order valence-corrected chi connectivity index (χ3v) is 4.23. The van der Waals surface area contributed by atoms with Crippen LogP contribution in [-0.4, -0.2) is 9.71 Å². The first kappa shape index (κ1) is 15.4. The first-order valence-electron chi connectivity index (χ1n) is 8.11. The molecule has 0 saturated carbocycles. The maximum atomic E-state index is 13.6. The molecule has 4 rings (SSSR count). The Morgan fingerprint density at radius 1 is 1.04 bits per heavy atom. The predicted molar refractivity (Wildman–Crippen MR) is 96.6 cm³/mol. The van der Waals surface area contributed by atoms with Gasteiger partial charge in [0, 0.05) is 18.0 Å². The van der Waals surface area contributed by atoms with Crippen LogP contribution in [0.4, 0.5) is 4.39 Å². The molecule has 0 bridgehead atoms. The van der Waals surface area contributed by atoms with Gasteiger partial charge < -0.3 is 4.84 Å². The molecule has 4 aromatic rings. The van der Waals surface area contributed by atoms with Gasteiger partial charge in [0.1, 0.15) is 17.9 Å². The fourth-order valence-corrected chi connectivity index (χ4v) is 2.87.